The van der Waals surface area contributed by atoms with Gasteiger partial charge < -0.3 is 10.2 Å². The maximum Gasteiger partial charge on any atom is 0.337 e. The van der Waals surface area contributed by atoms with Crippen LogP contribution in [0, 0.1) is 0 Å². The molecule has 0 fully saturated rings. The number of aromatic carboxylic acids is 2. The molecule has 0 heterocycles. The quantitative estimate of drug-likeness (QED) is 0.318. The number of hydrogen-bond acceptors (Lipinski definition) is 2. The number of fused-ring (bicyclic) bond motifs is 2. The lowest BCUT2D eigenvalue weighted by molar-refractivity contribution is 0.0653. The molecule has 0 aromatic heterocycles. The molecule has 0 radical (unpaired) electrons. The van der Waals surface area contributed by atoms with Crippen LogP contribution in [-0.4, -0.2) is 22.2 Å². The second-order valence-electron chi connectivity index (χ2n) is 7.55. The summed E-state index contributed by atoms with van der Waals surface area (Å²) in [5.41, 5.74) is 2.95. The Labute approximate surface area is 184 Å². The van der Waals surface area contributed by atoms with Crippen molar-refractivity contribution in [2.45, 2.75) is 0 Å². The van der Waals surface area contributed by atoms with Crippen LogP contribution in [0.5, 0.6) is 0 Å². The molecule has 0 unspecified atom stereocenters. The Kier molecular flexibility index (Phi) is 4.68. The van der Waals surface area contributed by atoms with Gasteiger partial charge in [0.1, 0.15) is 0 Å². The molecule has 0 spiro atoms. The maximum absolute atomic E-state index is 12.4. The van der Waals surface area contributed by atoms with Gasteiger partial charge in [-0.1, -0.05) is 91.0 Å². The molecule has 0 saturated heterocycles. The van der Waals surface area contributed by atoms with E-state index in [0.29, 0.717) is 10.8 Å². The lowest BCUT2D eigenvalue weighted by Gasteiger charge is -2.20. The smallest absolute Gasteiger partial charge is 0.337 e. The fourth-order valence-corrected chi connectivity index (χ4v) is 4.49. The highest BCUT2D eigenvalue weighted by Crippen LogP contribution is 2.45. The van der Waals surface area contributed by atoms with Gasteiger partial charge in [0.2, 0.25) is 0 Å². The van der Waals surface area contributed by atoms with Crippen LogP contribution in [-0.2, 0) is 0 Å². The van der Waals surface area contributed by atoms with E-state index in [9.17, 15) is 19.8 Å². The highest BCUT2D eigenvalue weighted by atomic mass is 16.4. The molecule has 0 bridgehead atoms. The first kappa shape index (κ1) is 19.5. The van der Waals surface area contributed by atoms with Crippen LogP contribution in [0.25, 0.3) is 43.8 Å². The Morgan fingerprint density at radius 3 is 1.53 bits per heavy atom. The molecule has 154 valence electrons. The topological polar surface area (TPSA) is 74.6 Å². The Balaban J connectivity index is 2.12. The summed E-state index contributed by atoms with van der Waals surface area (Å²) in [6, 6.07) is 30.3. The van der Waals surface area contributed by atoms with Crippen LogP contribution in [0.15, 0.2) is 97.1 Å². The predicted octanol–water partition coefficient (Wildman–Crippen LogP) is 6.72. The third-order valence-corrected chi connectivity index (χ3v) is 5.76. The molecule has 32 heavy (non-hydrogen) atoms. The minimum atomic E-state index is -1.27. The van der Waals surface area contributed by atoms with Gasteiger partial charge in [-0.25, -0.2) is 9.59 Å². The minimum Gasteiger partial charge on any atom is -0.478 e. The van der Waals surface area contributed by atoms with Crippen molar-refractivity contribution in [1.29, 1.82) is 0 Å². The number of carbonyl (C=O) groups is 2. The van der Waals surface area contributed by atoms with Crippen LogP contribution in [0.2, 0.25) is 0 Å². The van der Waals surface area contributed by atoms with Gasteiger partial charge >= 0.3 is 11.9 Å². The Hall–Kier alpha value is -4.44. The van der Waals surface area contributed by atoms with E-state index >= 15 is 0 Å². The third kappa shape index (κ3) is 3.01. The standard InChI is InChI=1S/C28H18O4/c29-27(30)22-16-15-21-23(17-9-3-1-4-10-17)19-13-7-8-14-20(19)24(18-11-5-2-6-12-18)25(21)26(22)28(31)32/h1-16H,(H,29,30)(H,31,32). The zero-order valence-electron chi connectivity index (χ0n) is 16.9. The van der Waals surface area contributed by atoms with Gasteiger partial charge in [0, 0.05) is 5.39 Å². The number of hydrogen-bond donors (Lipinski definition) is 2. The molecule has 0 saturated carbocycles. The first-order valence-corrected chi connectivity index (χ1v) is 10.2. The monoisotopic (exact) mass is 418 g/mol. The SMILES string of the molecule is O=C(O)c1ccc2c(-c3ccccc3)c3ccccc3c(-c3ccccc3)c2c1C(=O)O. The molecule has 0 aliphatic heterocycles. The normalized spacial score (nSPS) is 11.0. The molecule has 5 rings (SSSR count). The van der Waals surface area contributed by atoms with Gasteiger partial charge in [-0.3, -0.25) is 0 Å². The average Bonchev–Trinajstić information content (AvgIpc) is 2.82. The Bertz CT molecular complexity index is 1500. The number of benzene rings is 5. The lowest BCUT2D eigenvalue weighted by Crippen LogP contribution is -2.10. The number of carboxylic acids is 2. The lowest BCUT2D eigenvalue weighted by atomic mass is 9.83. The van der Waals surface area contributed by atoms with Gasteiger partial charge in [-0.15, -0.1) is 0 Å². The van der Waals surface area contributed by atoms with Gasteiger partial charge in [0.05, 0.1) is 11.1 Å². The van der Waals surface area contributed by atoms with E-state index in [1.807, 2.05) is 84.9 Å². The van der Waals surface area contributed by atoms with Crippen LogP contribution >= 0.6 is 0 Å². The Morgan fingerprint density at radius 1 is 0.500 bits per heavy atom. The summed E-state index contributed by atoms with van der Waals surface area (Å²) >= 11 is 0. The van der Waals surface area contributed by atoms with Crippen molar-refractivity contribution in [3.8, 4) is 22.3 Å². The Morgan fingerprint density at radius 2 is 1.00 bits per heavy atom. The zero-order chi connectivity index (χ0) is 22.2. The summed E-state index contributed by atoms with van der Waals surface area (Å²) in [5, 5.41) is 22.9. The number of carboxylic acid groups (broad SMARTS) is 2. The van der Waals surface area contributed by atoms with Crippen molar-refractivity contribution < 1.29 is 19.8 Å². The summed E-state index contributed by atoms with van der Waals surface area (Å²) < 4.78 is 0. The molecule has 0 atom stereocenters. The van der Waals surface area contributed by atoms with Crippen LogP contribution in [0.3, 0.4) is 0 Å². The van der Waals surface area contributed by atoms with Gasteiger partial charge in [-0.2, -0.15) is 0 Å². The summed E-state index contributed by atoms with van der Waals surface area (Å²) in [4.78, 5) is 24.4. The van der Waals surface area contributed by atoms with Gasteiger partial charge in [0.25, 0.3) is 0 Å². The molecular formula is C28H18O4. The molecule has 5 aromatic carbocycles. The molecule has 0 aliphatic rings. The molecule has 0 amide bonds. The molecule has 4 nitrogen and oxygen atoms in total. The fraction of sp³-hybridized carbons (Fsp3) is 0. The molecule has 4 heteroatoms. The van der Waals surface area contributed by atoms with E-state index in [1.165, 1.54) is 6.07 Å². The third-order valence-electron chi connectivity index (χ3n) is 5.76. The maximum atomic E-state index is 12.4. The van der Waals surface area contributed by atoms with E-state index in [2.05, 4.69) is 0 Å². The molecular weight excluding hydrogens is 400 g/mol. The largest absolute Gasteiger partial charge is 0.478 e. The molecule has 2 N–H and O–H groups in total. The van der Waals surface area contributed by atoms with E-state index in [4.69, 9.17) is 0 Å². The van der Waals surface area contributed by atoms with Crippen molar-refractivity contribution in [3.63, 3.8) is 0 Å². The summed E-state index contributed by atoms with van der Waals surface area (Å²) in [6.07, 6.45) is 0. The average molecular weight is 418 g/mol. The van der Waals surface area contributed by atoms with Crippen LogP contribution in [0.4, 0.5) is 0 Å². The van der Waals surface area contributed by atoms with Crippen molar-refractivity contribution in [3.05, 3.63) is 108 Å². The van der Waals surface area contributed by atoms with Gasteiger partial charge in [0.15, 0.2) is 0 Å². The van der Waals surface area contributed by atoms with E-state index in [0.717, 1.165) is 33.0 Å². The second-order valence-corrected chi connectivity index (χ2v) is 7.55. The van der Waals surface area contributed by atoms with Gasteiger partial charge in [-0.05, 0) is 44.5 Å². The highest BCUT2D eigenvalue weighted by molar-refractivity contribution is 6.27. The van der Waals surface area contributed by atoms with Crippen molar-refractivity contribution in [1.82, 2.24) is 0 Å². The first-order valence-electron chi connectivity index (χ1n) is 10.2. The predicted molar refractivity (Wildman–Crippen MR) is 126 cm³/mol. The van der Waals surface area contributed by atoms with E-state index in [1.54, 1.807) is 6.07 Å². The fourth-order valence-electron chi connectivity index (χ4n) is 4.49. The first-order chi connectivity index (χ1) is 15.6. The highest BCUT2D eigenvalue weighted by Gasteiger charge is 2.25. The summed E-state index contributed by atoms with van der Waals surface area (Å²) in [7, 11) is 0. The summed E-state index contributed by atoms with van der Waals surface area (Å²) in [6.45, 7) is 0. The molecule has 5 aromatic rings. The summed E-state index contributed by atoms with van der Waals surface area (Å²) in [5.74, 6) is -2.53. The number of rotatable bonds is 4. The van der Waals surface area contributed by atoms with Crippen molar-refractivity contribution in [2.75, 3.05) is 0 Å². The van der Waals surface area contributed by atoms with Crippen LogP contribution in [0.1, 0.15) is 20.7 Å². The van der Waals surface area contributed by atoms with E-state index < -0.39 is 11.9 Å². The second kappa shape index (κ2) is 7.67. The molecule has 0 aliphatic carbocycles. The van der Waals surface area contributed by atoms with Crippen LogP contribution < -0.4 is 0 Å². The van der Waals surface area contributed by atoms with Crippen molar-refractivity contribution >= 4 is 33.5 Å². The zero-order valence-corrected chi connectivity index (χ0v) is 16.9. The van der Waals surface area contributed by atoms with E-state index in [-0.39, 0.29) is 11.1 Å². The van der Waals surface area contributed by atoms with Crippen molar-refractivity contribution in [2.24, 2.45) is 0 Å². The minimum absolute atomic E-state index is 0.197.